The zero-order chi connectivity index (χ0) is 11.0. The van der Waals surface area contributed by atoms with E-state index in [1.807, 2.05) is 18.5 Å². The maximum absolute atomic E-state index is 4.26. The summed E-state index contributed by atoms with van der Waals surface area (Å²) in [4.78, 5) is 4.26. The summed E-state index contributed by atoms with van der Waals surface area (Å²) in [6.07, 6.45) is 10.5. The van der Waals surface area contributed by atoms with Crippen molar-refractivity contribution in [2.45, 2.75) is 18.9 Å². The normalized spacial score (nSPS) is 27.6. The van der Waals surface area contributed by atoms with Crippen molar-refractivity contribution in [3.63, 3.8) is 0 Å². The standard InChI is InChI=1S/C14H16N2/c1-2-10-5-13(8-15-7-10)11-3-4-12-9-16-14(12)6-11/h2,5-8,12,14,16H,1,3-4,9H2. The van der Waals surface area contributed by atoms with Crippen molar-refractivity contribution >= 4 is 11.6 Å². The van der Waals surface area contributed by atoms with Crippen LogP contribution < -0.4 is 5.32 Å². The Bertz CT molecular complexity index is 448. The molecule has 0 amide bonds. The van der Waals surface area contributed by atoms with Crippen LogP contribution in [-0.2, 0) is 0 Å². The van der Waals surface area contributed by atoms with Crippen LogP contribution in [0.1, 0.15) is 24.0 Å². The summed E-state index contributed by atoms with van der Waals surface area (Å²) in [6.45, 7) is 4.98. The van der Waals surface area contributed by atoms with E-state index in [0.29, 0.717) is 6.04 Å². The Labute approximate surface area is 96.1 Å². The molecule has 0 spiro atoms. The second kappa shape index (κ2) is 3.87. The number of pyridine rings is 1. The van der Waals surface area contributed by atoms with E-state index in [1.54, 1.807) is 0 Å². The van der Waals surface area contributed by atoms with Crippen LogP contribution in [-0.4, -0.2) is 17.6 Å². The molecule has 2 aliphatic rings. The van der Waals surface area contributed by atoms with E-state index in [0.717, 1.165) is 11.5 Å². The monoisotopic (exact) mass is 212 g/mol. The van der Waals surface area contributed by atoms with Crippen LogP contribution in [0.2, 0.25) is 0 Å². The van der Waals surface area contributed by atoms with E-state index >= 15 is 0 Å². The van der Waals surface area contributed by atoms with E-state index in [9.17, 15) is 0 Å². The number of nitrogens with one attached hydrogen (secondary N) is 1. The van der Waals surface area contributed by atoms with Crippen LogP contribution in [0.4, 0.5) is 0 Å². The number of allylic oxidation sites excluding steroid dienone is 1. The van der Waals surface area contributed by atoms with Gasteiger partial charge in [-0.15, -0.1) is 0 Å². The van der Waals surface area contributed by atoms with Crippen molar-refractivity contribution in [1.82, 2.24) is 10.3 Å². The van der Waals surface area contributed by atoms with Gasteiger partial charge in [0.2, 0.25) is 0 Å². The molecule has 1 aromatic rings. The van der Waals surface area contributed by atoms with E-state index in [-0.39, 0.29) is 0 Å². The molecule has 1 aliphatic carbocycles. The molecular formula is C14H16N2. The number of hydrogen-bond donors (Lipinski definition) is 1. The van der Waals surface area contributed by atoms with Crippen LogP contribution in [0.5, 0.6) is 0 Å². The summed E-state index contributed by atoms with van der Waals surface area (Å²) in [5.74, 6) is 0.874. The van der Waals surface area contributed by atoms with Crippen molar-refractivity contribution in [3.05, 3.63) is 42.2 Å². The van der Waals surface area contributed by atoms with Crippen molar-refractivity contribution in [1.29, 1.82) is 0 Å². The summed E-state index contributed by atoms with van der Waals surface area (Å²) in [5, 5.41) is 3.46. The first kappa shape index (κ1) is 9.79. The van der Waals surface area contributed by atoms with Crippen LogP contribution in [0.15, 0.2) is 31.1 Å². The molecule has 0 bridgehead atoms. The molecule has 1 N–H and O–H groups in total. The Balaban J connectivity index is 1.91. The highest BCUT2D eigenvalue weighted by atomic mass is 15.0. The third-order valence-corrected chi connectivity index (χ3v) is 3.65. The van der Waals surface area contributed by atoms with Gasteiger partial charge in [-0.3, -0.25) is 4.98 Å². The molecule has 1 fully saturated rings. The fourth-order valence-corrected chi connectivity index (χ4v) is 2.52. The fraction of sp³-hybridized carbons (Fsp3) is 0.357. The molecule has 16 heavy (non-hydrogen) atoms. The van der Waals surface area contributed by atoms with Crippen LogP contribution >= 0.6 is 0 Å². The van der Waals surface area contributed by atoms with Gasteiger partial charge >= 0.3 is 0 Å². The third kappa shape index (κ3) is 1.59. The number of rotatable bonds is 2. The van der Waals surface area contributed by atoms with Crippen LogP contribution in [0, 0.1) is 5.92 Å². The van der Waals surface area contributed by atoms with E-state index in [2.05, 4.69) is 29.0 Å². The van der Waals surface area contributed by atoms with E-state index < -0.39 is 0 Å². The van der Waals surface area contributed by atoms with Gasteiger partial charge in [0.25, 0.3) is 0 Å². The molecule has 1 saturated heterocycles. The van der Waals surface area contributed by atoms with Gasteiger partial charge in [0.05, 0.1) is 0 Å². The van der Waals surface area contributed by atoms with Crippen molar-refractivity contribution < 1.29 is 0 Å². The Morgan fingerprint density at radius 3 is 3.06 bits per heavy atom. The predicted octanol–water partition coefficient (Wildman–Crippen LogP) is 2.49. The average Bonchev–Trinajstić information content (AvgIpc) is 2.31. The second-order valence-electron chi connectivity index (χ2n) is 4.64. The Hall–Kier alpha value is -1.41. The molecule has 0 aromatic carbocycles. The summed E-state index contributed by atoms with van der Waals surface area (Å²) in [5.41, 5.74) is 3.79. The van der Waals surface area contributed by atoms with Gasteiger partial charge < -0.3 is 5.32 Å². The second-order valence-corrected chi connectivity index (χ2v) is 4.64. The maximum Gasteiger partial charge on any atom is 0.0343 e. The molecule has 1 aromatic heterocycles. The SMILES string of the molecule is C=Cc1cncc(C2=CC3NCC3CC2)c1. The van der Waals surface area contributed by atoms with E-state index in [4.69, 9.17) is 0 Å². The molecule has 2 heterocycles. The van der Waals surface area contributed by atoms with Gasteiger partial charge in [-0.1, -0.05) is 18.7 Å². The molecule has 2 heteroatoms. The molecular weight excluding hydrogens is 196 g/mol. The molecule has 2 nitrogen and oxygen atoms in total. The lowest BCUT2D eigenvalue weighted by Gasteiger charge is -2.40. The van der Waals surface area contributed by atoms with Crippen molar-refractivity contribution in [2.75, 3.05) is 6.54 Å². The fourth-order valence-electron chi connectivity index (χ4n) is 2.52. The van der Waals surface area contributed by atoms with Gasteiger partial charge in [-0.25, -0.2) is 0 Å². The number of aromatic nitrogens is 1. The lowest BCUT2D eigenvalue weighted by molar-refractivity contribution is 0.256. The molecule has 3 rings (SSSR count). The first-order valence-corrected chi connectivity index (χ1v) is 5.89. The largest absolute Gasteiger partial charge is 0.310 e. The smallest absolute Gasteiger partial charge is 0.0343 e. The van der Waals surface area contributed by atoms with Crippen LogP contribution in [0.25, 0.3) is 11.6 Å². The molecule has 0 radical (unpaired) electrons. The lowest BCUT2D eigenvalue weighted by atomic mass is 9.79. The van der Waals surface area contributed by atoms with Gasteiger partial charge in [0.1, 0.15) is 0 Å². The highest BCUT2D eigenvalue weighted by Gasteiger charge is 2.31. The molecule has 1 aliphatic heterocycles. The Kier molecular flexibility index (Phi) is 2.37. The molecule has 2 unspecified atom stereocenters. The maximum atomic E-state index is 4.26. The van der Waals surface area contributed by atoms with Gasteiger partial charge in [0.15, 0.2) is 0 Å². The summed E-state index contributed by atoms with van der Waals surface area (Å²) in [6, 6.07) is 2.78. The lowest BCUT2D eigenvalue weighted by Crippen LogP contribution is -2.52. The quantitative estimate of drug-likeness (QED) is 0.814. The third-order valence-electron chi connectivity index (χ3n) is 3.65. The molecule has 0 saturated carbocycles. The predicted molar refractivity (Wildman–Crippen MR) is 66.8 cm³/mol. The number of nitrogens with zero attached hydrogens (tertiary/aromatic N) is 1. The first-order chi connectivity index (χ1) is 7.86. The topological polar surface area (TPSA) is 24.9 Å². The summed E-state index contributed by atoms with van der Waals surface area (Å²) in [7, 11) is 0. The first-order valence-electron chi connectivity index (χ1n) is 5.89. The van der Waals surface area contributed by atoms with Gasteiger partial charge in [-0.05, 0) is 41.5 Å². The molecule has 2 atom stereocenters. The highest BCUT2D eigenvalue weighted by Crippen LogP contribution is 2.33. The van der Waals surface area contributed by atoms with E-state index in [1.165, 1.54) is 30.5 Å². The zero-order valence-electron chi connectivity index (χ0n) is 9.32. The Morgan fingerprint density at radius 2 is 2.38 bits per heavy atom. The zero-order valence-corrected chi connectivity index (χ0v) is 9.32. The van der Waals surface area contributed by atoms with Gasteiger partial charge in [-0.2, -0.15) is 0 Å². The van der Waals surface area contributed by atoms with Crippen molar-refractivity contribution in [3.8, 4) is 0 Å². The summed E-state index contributed by atoms with van der Waals surface area (Å²) < 4.78 is 0. The number of fused-ring (bicyclic) bond motifs is 1. The minimum absolute atomic E-state index is 0.608. The number of hydrogen-bond acceptors (Lipinski definition) is 2. The minimum Gasteiger partial charge on any atom is -0.310 e. The molecule has 82 valence electrons. The average molecular weight is 212 g/mol. The minimum atomic E-state index is 0.608. The van der Waals surface area contributed by atoms with Crippen molar-refractivity contribution in [2.24, 2.45) is 5.92 Å². The Morgan fingerprint density at radius 1 is 1.44 bits per heavy atom. The highest BCUT2D eigenvalue weighted by molar-refractivity contribution is 5.68. The van der Waals surface area contributed by atoms with Gasteiger partial charge in [0, 0.05) is 25.0 Å². The van der Waals surface area contributed by atoms with Crippen LogP contribution in [0.3, 0.4) is 0 Å². The summed E-state index contributed by atoms with van der Waals surface area (Å²) >= 11 is 0.